The van der Waals surface area contributed by atoms with Crippen LogP contribution in [0.2, 0.25) is 0 Å². The van der Waals surface area contributed by atoms with E-state index in [1.54, 1.807) is 0 Å². The molecule has 0 aliphatic carbocycles. The lowest BCUT2D eigenvalue weighted by atomic mass is 9.85. The third-order valence-electron chi connectivity index (χ3n) is 5.25. The average molecular weight is 391 g/mol. The molecule has 1 aliphatic heterocycles. The summed E-state index contributed by atoms with van der Waals surface area (Å²) < 4.78 is 0. The van der Waals surface area contributed by atoms with Crippen molar-refractivity contribution in [3.63, 3.8) is 0 Å². The standard InChI is InChI=1S/C23H21NO3S/c1-12-5-8-15(9-6-12)19-20-21(28-22(19)23(26)27)17(11-18(25)24-20)16-10-13(2)4-7-14(16)3/h4-10,17H,11H2,1-3H3,(H,24,25)(H,26,27)/t17-/m1/s1. The van der Waals surface area contributed by atoms with E-state index in [1.165, 1.54) is 11.3 Å². The first-order valence-corrected chi connectivity index (χ1v) is 10.0. The number of carboxylic acids is 1. The molecule has 28 heavy (non-hydrogen) atoms. The van der Waals surface area contributed by atoms with E-state index in [4.69, 9.17) is 0 Å². The second-order valence-corrected chi connectivity index (χ2v) is 8.43. The molecule has 2 N–H and O–H groups in total. The number of hydrogen-bond acceptors (Lipinski definition) is 3. The molecular weight excluding hydrogens is 370 g/mol. The molecule has 5 heteroatoms. The number of nitrogens with one attached hydrogen (secondary N) is 1. The fourth-order valence-corrected chi connectivity index (χ4v) is 5.06. The monoisotopic (exact) mass is 391 g/mol. The number of rotatable bonds is 3. The summed E-state index contributed by atoms with van der Waals surface area (Å²) in [5, 5.41) is 12.8. The van der Waals surface area contributed by atoms with Gasteiger partial charge in [-0.15, -0.1) is 11.3 Å². The van der Waals surface area contributed by atoms with Crippen LogP contribution < -0.4 is 5.32 Å². The molecule has 1 aromatic heterocycles. The zero-order chi connectivity index (χ0) is 20.0. The molecule has 0 spiro atoms. The van der Waals surface area contributed by atoms with Crippen molar-refractivity contribution >= 4 is 28.9 Å². The van der Waals surface area contributed by atoms with Crippen molar-refractivity contribution in [2.45, 2.75) is 33.1 Å². The molecule has 0 unspecified atom stereocenters. The van der Waals surface area contributed by atoms with E-state index in [9.17, 15) is 14.7 Å². The van der Waals surface area contributed by atoms with Crippen LogP contribution in [0.3, 0.4) is 0 Å². The maximum absolute atomic E-state index is 12.6. The van der Waals surface area contributed by atoms with Gasteiger partial charge in [0, 0.05) is 22.8 Å². The molecule has 142 valence electrons. The number of aryl methyl sites for hydroxylation is 3. The second-order valence-electron chi connectivity index (χ2n) is 7.38. The van der Waals surface area contributed by atoms with E-state index in [0.29, 0.717) is 17.7 Å². The summed E-state index contributed by atoms with van der Waals surface area (Å²) in [6, 6.07) is 14.0. The minimum atomic E-state index is -0.969. The molecule has 1 aliphatic rings. The fourth-order valence-electron chi connectivity index (χ4n) is 3.82. The Hall–Kier alpha value is -2.92. The van der Waals surface area contributed by atoms with Crippen LogP contribution in [-0.2, 0) is 4.79 Å². The Morgan fingerprint density at radius 3 is 2.43 bits per heavy atom. The number of benzene rings is 2. The van der Waals surface area contributed by atoms with E-state index in [-0.39, 0.29) is 16.7 Å². The highest BCUT2D eigenvalue weighted by Crippen LogP contribution is 2.49. The van der Waals surface area contributed by atoms with Crippen molar-refractivity contribution in [1.82, 2.24) is 0 Å². The molecule has 4 nitrogen and oxygen atoms in total. The van der Waals surface area contributed by atoms with Gasteiger partial charge in [-0.05, 0) is 37.5 Å². The Morgan fingerprint density at radius 1 is 1.07 bits per heavy atom. The van der Waals surface area contributed by atoms with Gasteiger partial charge < -0.3 is 10.4 Å². The number of amides is 1. The predicted molar refractivity (Wildman–Crippen MR) is 112 cm³/mol. The summed E-state index contributed by atoms with van der Waals surface area (Å²) in [5.74, 6) is -1.18. The minimum Gasteiger partial charge on any atom is -0.477 e. The lowest BCUT2D eigenvalue weighted by Gasteiger charge is -2.25. The van der Waals surface area contributed by atoms with Gasteiger partial charge >= 0.3 is 5.97 Å². The number of thiophene rings is 1. The van der Waals surface area contributed by atoms with Gasteiger partial charge in [-0.3, -0.25) is 4.79 Å². The quantitative estimate of drug-likeness (QED) is 0.618. The predicted octanol–water partition coefficient (Wildman–Crippen LogP) is 5.51. The van der Waals surface area contributed by atoms with Crippen molar-refractivity contribution in [2.75, 3.05) is 5.32 Å². The van der Waals surface area contributed by atoms with E-state index < -0.39 is 5.97 Å². The molecule has 1 atom stereocenters. The molecule has 0 saturated carbocycles. The van der Waals surface area contributed by atoms with Gasteiger partial charge in [-0.25, -0.2) is 4.79 Å². The molecule has 4 rings (SSSR count). The summed E-state index contributed by atoms with van der Waals surface area (Å²) >= 11 is 1.27. The summed E-state index contributed by atoms with van der Waals surface area (Å²) in [7, 11) is 0. The van der Waals surface area contributed by atoms with Crippen molar-refractivity contribution < 1.29 is 14.7 Å². The minimum absolute atomic E-state index is 0.0819. The smallest absolute Gasteiger partial charge is 0.346 e. The Bertz CT molecular complexity index is 1100. The van der Waals surface area contributed by atoms with E-state index in [2.05, 4.69) is 23.5 Å². The van der Waals surface area contributed by atoms with Crippen LogP contribution in [0.1, 0.15) is 49.1 Å². The van der Waals surface area contributed by atoms with Gasteiger partial charge in [-0.2, -0.15) is 0 Å². The van der Waals surface area contributed by atoms with E-state index in [1.807, 2.05) is 45.0 Å². The van der Waals surface area contributed by atoms with Gasteiger partial charge in [0.15, 0.2) is 0 Å². The Kier molecular flexibility index (Phi) is 4.55. The van der Waals surface area contributed by atoms with E-state index in [0.717, 1.165) is 32.7 Å². The number of fused-ring (bicyclic) bond motifs is 1. The highest BCUT2D eigenvalue weighted by Gasteiger charge is 2.35. The molecule has 0 saturated heterocycles. The maximum Gasteiger partial charge on any atom is 0.346 e. The van der Waals surface area contributed by atoms with Crippen LogP contribution in [0.5, 0.6) is 0 Å². The van der Waals surface area contributed by atoms with Crippen molar-refractivity contribution in [2.24, 2.45) is 0 Å². The van der Waals surface area contributed by atoms with Gasteiger partial charge in [0.1, 0.15) is 4.88 Å². The largest absolute Gasteiger partial charge is 0.477 e. The number of anilines is 1. The van der Waals surface area contributed by atoms with Crippen LogP contribution >= 0.6 is 11.3 Å². The van der Waals surface area contributed by atoms with Crippen molar-refractivity contribution in [3.05, 3.63) is 74.5 Å². The summed E-state index contributed by atoms with van der Waals surface area (Å²) in [5.41, 5.74) is 6.48. The lowest BCUT2D eigenvalue weighted by Crippen LogP contribution is -2.23. The Labute approximate surface area is 167 Å². The molecule has 0 radical (unpaired) electrons. The number of carbonyl (C=O) groups is 2. The zero-order valence-electron chi connectivity index (χ0n) is 16.0. The van der Waals surface area contributed by atoms with Gasteiger partial charge in [-0.1, -0.05) is 53.6 Å². The molecule has 0 fully saturated rings. The van der Waals surface area contributed by atoms with Gasteiger partial charge in [0.05, 0.1) is 5.69 Å². The topological polar surface area (TPSA) is 66.4 Å². The lowest BCUT2D eigenvalue weighted by molar-refractivity contribution is -0.116. The van der Waals surface area contributed by atoms with Gasteiger partial charge in [0.25, 0.3) is 0 Å². The maximum atomic E-state index is 12.6. The van der Waals surface area contributed by atoms with Crippen LogP contribution in [0.4, 0.5) is 5.69 Å². The summed E-state index contributed by atoms with van der Waals surface area (Å²) in [4.78, 5) is 25.8. The average Bonchev–Trinajstić information content (AvgIpc) is 3.03. The third kappa shape index (κ3) is 3.12. The third-order valence-corrected chi connectivity index (χ3v) is 6.54. The van der Waals surface area contributed by atoms with Gasteiger partial charge in [0.2, 0.25) is 5.91 Å². The zero-order valence-corrected chi connectivity index (χ0v) is 16.8. The summed E-state index contributed by atoms with van der Waals surface area (Å²) in [6.07, 6.45) is 0.324. The molecule has 1 amide bonds. The Balaban J connectivity index is 1.96. The van der Waals surface area contributed by atoms with Crippen LogP contribution in [0, 0.1) is 20.8 Å². The van der Waals surface area contributed by atoms with E-state index >= 15 is 0 Å². The number of aromatic carboxylic acids is 1. The second kappa shape index (κ2) is 6.91. The Morgan fingerprint density at radius 2 is 1.75 bits per heavy atom. The molecular formula is C23H21NO3S. The van der Waals surface area contributed by atoms with Crippen molar-refractivity contribution in [1.29, 1.82) is 0 Å². The van der Waals surface area contributed by atoms with Crippen molar-refractivity contribution in [3.8, 4) is 11.1 Å². The van der Waals surface area contributed by atoms with Crippen LogP contribution in [0.25, 0.3) is 11.1 Å². The number of hydrogen-bond donors (Lipinski definition) is 2. The molecule has 2 heterocycles. The van der Waals surface area contributed by atoms with Crippen LogP contribution in [0.15, 0.2) is 42.5 Å². The van der Waals surface area contributed by atoms with Crippen LogP contribution in [-0.4, -0.2) is 17.0 Å². The summed E-state index contributed by atoms with van der Waals surface area (Å²) in [6.45, 7) is 6.05. The molecule has 0 bridgehead atoms. The first-order chi connectivity index (χ1) is 13.3. The first kappa shape index (κ1) is 18.4. The molecule has 3 aromatic rings. The first-order valence-electron chi connectivity index (χ1n) is 9.19. The number of carboxylic acid groups (broad SMARTS) is 1. The SMILES string of the molecule is Cc1ccc(-c2c(C(=O)O)sc3c2NC(=O)C[C@@H]3c2cc(C)ccc2C)cc1. The highest BCUT2D eigenvalue weighted by molar-refractivity contribution is 7.15. The number of carbonyl (C=O) groups excluding carboxylic acids is 1. The fraction of sp³-hybridized carbons (Fsp3) is 0.217. The normalized spacial score (nSPS) is 15.8. The molecule has 2 aromatic carbocycles. The highest BCUT2D eigenvalue weighted by atomic mass is 32.1.